The van der Waals surface area contributed by atoms with Gasteiger partial charge < -0.3 is 50.5 Å². The van der Waals surface area contributed by atoms with Crippen LogP contribution in [0.4, 0.5) is 31.8 Å². The summed E-state index contributed by atoms with van der Waals surface area (Å²) in [5, 5.41) is 20.0. The third-order valence-electron chi connectivity index (χ3n) is 10.5. The molecule has 554 valence electrons. The molecule has 0 aliphatic rings. The molecule has 0 saturated heterocycles. The molecule has 100 heavy (non-hydrogen) atoms. The van der Waals surface area contributed by atoms with E-state index >= 15 is 0 Å². The van der Waals surface area contributed by atoms with E-state index in [1.54, 1.807) is 125 Å². The summed E-state index contributed by atoms with van der Waals surface area (Å²) < 4.78 is 25.5. The van der Waals surface area contributed by atoms with Crippen molar-refractivity contribution in [1.29, 1.82) is 0 Å². The topological polar surface area (TPSA) is 348 Å². The summed E-state index contributed by atoms with van der Waals surface area (Å²) in [7, 11) is 0. The minimum absolute atomic E-state index is 0. The fraction of sp³-hybridized carbons (Fsp3) is 0.493. The first-order valence-corrected chi connectivity index (χ1v) is 32.9. The van der Waals surface area contributed by atoms with Crippen LogP contribution in [0, 0.1) is 40.9 Å². The zero-order valence-corrected chi connectivity index (χ0v) is 65.8. The fourth-order valence-electron chi connectivity index (χ4n) is 6.97. The Kier molecular flexibility index (Phi) is 53.4. The van der Waals surface area contributed by atoms with Crippen molar-refractivity contribution in [3.8, 4) is 0 Å². The van der Waals surface area contributed by atoms with Gasteiger partial charge in [-0.3, -0.25) is 35.1 Å². The molecule has 0 spiro atoms. The molecule has 7 N–H and O–H groups in total. The van der Waals surface area contributed by atoms with Gasteiger partial charge in [0.25, 0.3) is 0 Å². The second kappa shape index (κ2) is 52.2. The molecule has 7 aromatic heterocycles. The number of aromatic nitrogens is 7. The Bertz CT molecular complexity index is 3510. The van der Waals surface area contributed by atoms with E-state index in [0.29, 0.717) is 40.1 Å². The molecule has 0 aromatic carbocycles. The Hall–Kier alpha value is -8.82. The van der Waals surface area contributed by atoms with Crippen LogP contribution in [0.15, 0.2) is 108 Å². The number of nitrogens with one attached hydrogen (secondary N) is 5. The standard InChI is InChI=1S/C18H28N2O5.C12H16N2O3.C11H16N2O2.2C9H8N2O.C6H11O.5C2H6.Li.H2O/c1-11-8-9-19-15(20-16(23)25-18(5,6)7)14(11)12(21)10-13(22)24-17(2,3)4;1-8-5-6-13-10(9(8)7-15)14-11(16)17-12(2,3)4;1-8-5-6-12-9(7-8)13-10(14)15-11(2,3)4;2*1-6-4-5-10-9-7(6)2-3-8(12)11-9;1-5-7-6(2,3)4;5*1-2;;/h8-9,12,21H,10H2,1-7H3,(H,19,20,23);5-7H,1-4H3,(H,13,14,16);5-7H,1-4H3,(H,12,13,14);2*2-5H,1H3,(H,10,11,12);1H2,2-4H3;5*1-2H3;;1H2/q;;;;;-1;;;;;;+1;/p-1. The molecule has 0 saturated carbocycles. The van der Waals surface area contributed by atoms with Crippen LogP contribution in [0.2, 0.25) is 0 Å². The van der Waals surface area contributed by atoms with E-state index in [0.717, 1.165) is 33.0 Å². The Morgan fingerprint density at radius 2 is 0.850 bits per heavy atom. The van der Waals surface area contributed by atoms with Crippen molar-refractivity contribution in [3.05, 3.63) is 164 Å². The Morgan fingerprint density at radius 1 is 0.500 bits per heavy atom. The molecule has 3 amide bonds. The number of aliphatic hydroxyl groups is 1. The van der Waals surface area contributed by atoms with Gasteiger partial charge in [0.15, 0.2) is 6.29 Å². The van der Waals surface area contributed by atoms with Crippen LogP contribution in [0.1, 0.15) is 229 Å². The van der Waals surface area contributed by atoms with E-state index in [-0.39, 0.29) is 59.1 Å². The molecular formula is C75H118LiN10O14-. The van der Waals surface area contributed by atoms with Gasteiger partial charge in [-0.2, -0.15) is 0 Å². The maximum Gasteiger partial charge on any atom is 1.00 e. The molecule has 1 unspecified atom stereocenters. The monoisotopic (exact) mass is 1390 g/mol. The molecule has 0 bridgehead atoms. The zero-order valence-electron chi connectivity index (χ0n) is 65.8. The van der Waals surface area contributed by atoms with E-state index in [1.165, 1.54) is 24.5 Å². The SMILES string of the molecule is C=[C-]OC(C)(C)C.CC.CC.CC.CC.CC.Cc1ccnc(NC(=O)OC(C)(C)C)c1.Cc1ccnc(NC(=O)OC(C)(C)C)c1C(O)CC(=O)OC(C)(C)C.Cc1ccnc(NC(=O)OC(C)(C)C)c1C=O.Cc1ccnc2[nH]c(=O)ccc12.Cc1ccnc2[nH]c(=O)ccc12.[Li+].[OH-]. The number of rotatable bonds is 8. The Morgan fingerprint density at radius 3 is 1.21 bits per heavy atom. The number of anilines is 3. The van der Waals surface area contributed by atoms with Gasteiger partial charge >= 0.3 is 43.1 Å². The average molecular weight is 1390 g/mol. The summed E-state index contributed by atoms with van der Waals surface area (Å²) in [6, 6.07) is 17.5. The third-order valence-corrected chi connectivity index (χ3v) is 10.5. The molecule has 0 fully saturated rings. The van der Waals surface area contributed by atoms with Crippen LogP contribution in [0.3, 0.4) is 0 Å². The summed E-state index contributed by atoms with van der Waals surface area (Å²) in [4.78, 5) is 105. The summed E-state index contributed by atoms with van der Waals surface area (Å²) in [5.41, 5.74) is 4.03. The van der Waals surface area contributed by atoms with Crippen molar-refractivity contribution in [2.75, 3.05) is 16.0 Å². The number of carbonyl (C=O) groups is 5. The zero-order chi connectivity index (χ0) is 77.0. The number of aliphatic hydroxyl groups excluding tert-OH is 1. The number of amides is 3. The molecule has 7 aromatic rings. The van der Waals surface area contributed by atoms with Crippen molar-refractivity contribution < 1.29 is 77.1 Å². The molecule has 7 heterocycles. The predicted octanol–water partition coefficient (Wildman–Crippen LogP) is 15.0. The van der Waals surface area contributed by atoms with Crippen LogP contribution in [0.25, 0.3) is 22.1 Å². The number of nitrogens with zero attached hydrogens (tertiary/aromatic N) is 5. The Labute approximate surface area is 607 Å². The minimum atomic E-state index is -1.16. The van der Waals surface area contributed by atoms with E-state index < -0.39 is 52.8 Å². The quantitative estimate of drug-likeness (QED) is 0.0205. The number of H-pyrrole nitrogens is 2. The first-order valence-electron chi connectivity index (χ1n) is 32.9. The number of carbonyl (C=O) groups excluding carboxylic acids is 5. The van der Waals surface area contributed by atoms with Gasteiger partial charge in [0.05, 0.1) is 23.7 Å². The smallest absolute Gasteiger partial charge is 0.870 e. The van der Waals surface area contributed by atoms with Crippen LogP contribution in [-0.2, 0) is 28.5 Å². The number of ether oxygens (including phenoxy) is 5. The van der Waals surface area contributed by atoms with Gasteiger partial charge in [-0.1, -0.05) is 69.2 Å². The van der Waals surface area contributed by atoms with E-state index in [4.69, 9.17) is 23.7 Å². The van der Waals surface area contributed by atoms with Crippen LogP contribution in [0.5, 0.6) is 0 Å². The number of aldehydes is 1. The fourth-order valence-corrected chi connectivity index (χ4v) is 6.97. The van der Waals surface area contributed by atoms with E-state index in [1.807, 2.05) is 150 Å². The molecule has 7 rings (SSSR count). The number of pyridine rings is 7. The summed E-state index contributed by atoms with van der Waals surface area (Å²) in [6.45, 7) is 59.8. The number of aryl methyl sites for hydroxylation is 5. The summed E-state index contributed by atoms with van der Waals surface area (Å²) >= 11 is 0. The molecule has 1 atom stereocenters. The predicted molar refractivity (Wildman–Crippen MR) is 400 cm³/mol. The van der Waals surface area contributed by atoms with Crippen molar-refractivity contribution in [3.63, 3.8) is 0 Å². The maximum atomic E-state index is 12.0. The number of hydrogen-bond donors (Lipinski definition) is 6. The van der Waals surface area contributed by atoms with Crippen molar-refractivity contribution >= 4 is 70.1 Å². The number of esters is 1. The van der Waals surface area contributed by atoms with Crippen LogP contribution >= 0.6 is 0 Å². The molecule has 0 aliphatic heterocycles. The minimum Gasteiger partial charge on any atom is -0.870 e. The van der Waals surface area contributed by atoms with Crippen LogP contribution in [-0.4, -0.2) is 104 Å². The van der Waals surface area contributed by atoms with Gasteiger partial charge in [-0.15, -0.1) is 0 Å². The van der Waals surface area contributed by atoms with Crippen LogP contribution < -0.4 is 45.9 Å². The van der Waals surface area contributed by atoms with Crippen molar-refractivity contribution in [2.45, 2.75) is 248 Å². The summed E-state index contributed by atoms with van der Waals surface area (Å²) in [5.74, 6) is 0.343. The van der Waals surface area contributed by atoms with Gasteiger partial charge in [-0.25, -0.2) is 45.9 Å². The first-order chi connectivity index (χ1) is 45.6. The van der Waals surface area contributed by atoms with Gasteiger partial charge in [0.2, 0.25) is 11.1 Å². The van der Waals surface area contributed by atoms with Gasteiger partial charge in [-0.05, 0) is 215 Å². The number of hydrogen-bond acceptors (Lipinski definition) is 19. The maximum absolute atomic E-state index is 12.0. The second-order valence-electron chi connectivity index (χ2n) is 24.6. The molecule has 25 heteroatoms. The van der Waals surface area contributed by atoms with Crippen molar-refractivity contribution in [1.82, 2.24) is 34.9 Å². The third kappa shape index (κ3) is 47.2. The molecule has 0 radical (unpaired) electrons. The number of aromatic amines is 2. The average Bonchev–Trinajstić information content (AvgIpc) is 0.844. The van der Waals surface area contributed by atoms with E-state index in [9.17, 15) is 38.7 Å². The number of fused-ring (bicyclic) bond motifs is 2. The Balaban J connectivity index is -0.000000265. The molecular weight excluding hydrogens is 1270 g/mol. The van der Waals surface area contributed by atoms with E-state index in [2.05, 4.69) is 63.7 Å². The molecule has 24 nitrogen and oxygen atoms in total. The second-order valence-corrected chi connectivity index (χ2v) is 24.6. The summed E-state index contributed by atoms with van der Waals surface area (Å²) in [6.07, 6.45) is 7.87. The molecule has 0 aliphatic carbocycles. The largest absolute Gasteiger partial charge is 1.00 e. The first kappa shape index (κ1) is 102. The normalized spacial score (nSPS) is 10.3. The van der Waals surface area contributed by atoms with Gasteiger partial charge in [0.1, 0.15) is 51.2 Å². The van der Waals surface area contributed by atoms with Gasteiger partial charge in [0, 0.05) is 59.5 Å². The van der Waals surface area contributed by atoms with Crippen molar-refractivity contribution in [2.24, 2.45) is 0 Å².